The van der Waals surface area contributed by atoms with Crippen molar-refractivity contribution in [1.82, 2.24) is 14.7 Å². The van der Waals surface area contributed by atoms with Crippen LogP contribution in [0.4, 0.5) is 0 Å². The molecule has 0 aromatic carbocycles. The first-order valence-corrected chi connectivity index (χ1v) is 8.90. The van der Waals surface area contributed by atoms with Crippen LogP contribution in [0.1, 0.15) is 44.0 Å². The summed E-state index contributed by atoms with van der Waals surface area (Å²) >= 11 is 0. The molecular weight excluding hydrogens is 306 g/mol. The van der Waals surface area contributed by atoms with Crippen LogP contribution in [0.5, 0.6) is 0 Å². The van der Waals surface area contributed by atoms with Crippen LogP contribution in [0.15, 0.2) is 23.0 Å². The predicted molar refractivity (Wildman–Crippen MR) is 92.8 cm³/mol. The molecule has 0 bridgehead atoms. The molecule has 24 heavy (non-hydrogen) atoms. The first kappa shape index (κ1) is 18.5. The number of piperazine rings is 1. The Bertz CT molecular complexity index is 522. The number of nitrogens with zero attached hydrogens (tertiary/aromatic N) is 3. The highest BCUT2D eigenvalue weighted by atomic mass is 16.3. The second kappa shape index (κ2) is 8.87. The zero-order chi connectivity index (χ0) is 17.5. The summed E-state index contributed by atoms with van der Waals surface area (Å²) in [6.45, 7) is 11.1. The molecule has 0 radical (unpaired) electrons. The molecule has 1 saturated heterocycles. The first-order valence-electron chi connectivity index (χ1n) is 8.90. The third-order valence-electron chi connectivity index (χ3n) is 4.89. The van der Waals surface area contributed by atoms with Gasteiger partial charge in [-0.2, -0.15) is 0 Å². The van der Waals surface area contributed by atoms with Gasteiger partial charge in [-0.05, 0) is 26.0 Å². The minimum absolute atomic E-state index is 0.0679. The van der Waals surface area contributed by atoms with Crippen molar-refractivity contribution in [3.05, 3.63) is 24.2 Å². The van der Waals surface area contributed by atoms with Crippen LogP contribution in [-0.2, 0) is 4.79 Å². The summed E-state index contributed by atoms with van der Waals surface area (Å²) in [4.78, 5) is 31.1. The lowest BCUT2D eigenvalue weighted by Gasteiger charge is -2.35. The van der Waals surface area contributed by atoms with Crippen LogP contribution in [0, 0.1) is 0 Å². The molecule has 0 aliphatic carbocycles. The summed E-state index contributed by atoms with van der Waals surface area (Å²) in [7, 11) is 0. The highest BCUT2D eigenvalue weighted by molar-refractivity contribution is 5.94. The maximum Gasteiger partial charge on any atom is 0.257 e. The molecule has 0 spiro atoms. The minimum atomic E-state index is -0.0679. The summed E-state index contributed by atoms with van der Waals surface area (Å²) in [5.41, 5.74) is 0.541. The highest BCUT2D eigenvalue weighted by Crippen LogP contribution is 2.13. The van der Waals surface area contributed by atoms with Gasteiger partial charge >= 0.3 is 0 Å². The lowest BCUT2D eigenvalue weighted by Crippen LogP contribution is -2.49. The third-order valence-corrected chi connectivity index (χ3v) is 4.89. The number of likely N-dealkylation sites (N-methyl/N-ethyl adjacent to an activating group) is 1. The molecule has 0 N–H and O–H groups in total. The fourth-order valence-corrected chi connectivity index (χ4v) is 2.98. The molecule has 1 aliphatic rings. The van der Waals surface area contributed by atoms with E-state index in [1.54, 1.807) is 11.0 Å². The Morgan fingerprint density at radius 2 is 1.96 bits per heavy atom. The van der Waals surface area contributed by atoms with E-state index in [0.717, 1.165) is 39.1 Å². The average molecular weight is 335 g/mol. The summed E-state index contributed by atoms with van der Waals surface area (Å²) in [6, 6.07) is 1.76. The van der Waals surface area contributed by atoms with Crippen LogP contribution < -0.4 is 0 Å². The van der Waals surface area contributed by atoms with Gasteiger partial charge in [0.05, 0.1) is 11.8 Å². The quantitative estimate of drug-likeness (QED) is 0.765. The molecular formula is C18H29N3O3. The summed E-state index contributed by atoms with van der Waals surface area (Å²) in [5, 5.41) is 0. The van der Waals surface area contributed by atoms with Gasteiger partial charge in [0, 0.05) is 45.2 Å². The van der Waals surface area contributed by atoms with Crippen LogP contribution >= 0.6 is 0 Å². The highest BCUT2D eigenvalue weighted by Gasteiger charge is 2.24. The largest absolute Gasteiger partial charge is 0.472 e. The normalized spacial score (nSPS) is 16.9. The second-order valence-electron chi connectivity index (χ2n) is 6.33. The maximum atomic E-state index is 12.6. The van der Waals surface area contributed by atoms with E-state index in [1.807, 2.05) is 18.7 Å². The van der Waals surface area contributed by atoms with Crippen molar-refractivity contribution in [2.24, 2.45) is 0 Å². The number of hydrogen-bond donors (Lipinski definition) is 0. The Balaban J connectivity index is 1.90. The molecule has 1 fully saturated rings. The van der Waals surface area contributed by atoms with E-state index in [2.05, 4.69) is 11.8 Å². The Labute approximate surface area is 144 Å². The monoisotopic (exact) mass is 335 g/mol. The van der Waals surface area contributed by atoms with E-state index in [0.29, 0.717) is 18.5 Å². The Kier molecular flexibility index (Phi) is 6.85. The van der Waals surface area contributed by atoms with Gasteiger partial charge in [0.2, 0.25) is 5.91 Å². The fourth-order valence-electron chi connectivity index (χ4n) is 2.98. The van der Waals surface area contributed by atoms with E-state index >= 15 is 0 Å². The molecule has 1 aliphatic heterocycles. The number of furan rings is 1. The lowest BCUT2D eigenvalue weighted by atomic mass is 10.1. The molecule has 2 amide bonds. The van der Waals surface area contributed by atoms with Crippen LogP contribution in [0.3, 0.4) is 0 Å². The van der Waals surface area contributed by atoms with Crippen molar-refractivity contribution >= 4 is 11.8 Å². The zero-order valence-corrected chi connectivity index (χ0v) is 15.0. The summed E-state index contributed by atoms with van der Waals surface area (Å²) in [6.07, 6.45) is 4.19. The predicted octanol–water partition coefficient (Wildman–Crippen LogP) is 2.07. The smallest absolute Gasteiger partial charge is 0.257 e. The van der Waals surface area contributed by atoms with Gasteiger partial charge in [-0.15, -0.1) is 0 Å². The van der Waals surface area contributed by atoms with Crippen LogP contribution in [0.2, 0.25) is 0 Å². The van der Waals surface area contributed by atoms with E-state index in [9.17, 15) is 9.59 Å². The first-order chi connectivity index (χ1) is 11.6. The molecule has 6 nitrogen and oxygen atoms in total. The molecule has 1 aromatic rings. The van der Waals surface area contributed by atoms with Crippen molar-refractivity contribution in [2.75, 3.05) is 39.3 Å². The molecule has 1 atom stereocenters. The molecule has 2 heterocycles. The number of rotatable bonds is 7. The van der Waals surface area contributed by atoms with Gasteiger partial charge in [-0.25, -0.2) is 0 Å². The van der Waals surface area contributed by atoms with Crippen LogP contribution in [-0.4, -0.2) is 71.8 Å². The number of hydrogen-bond acceptors (Lipinski definition) is 4. The zero-order valence-electron chi connectivity index (χ0n) is 15.0. The van der Waals surface area contributed by atoms with Gasteiger partial charge in [0.1, 0.15) is 6.26 Å². The minimum Gasteiger partial charge on any atom is -0.472 e. The SMILES string of the molecule is CCC(C)N(CCC(=O)N1CCN(CC)CC1)C(=O)c1ccoc1. The fraction of sp³-hybridized carbons (Fsp3) is 0.667. The van der Waals surface area contributed by atoms with Gasteiger partial charge in [-0.1, -0.05) is 13.8 Å². The Morgan fingerprint density at radius 3 is 2.50 bits per heavy atom. The molecule has 0 saturated carbocycles. The molecule has 6 heteroatoms. The van der Waals surface area contributed by atoms with Gasteiger partial charge in [0.25, 0.3) is 5.91 Å². The van der Waals surface area contributed by atoms with Crippen molar-refractivity contribution in [1.29, 1.82) is 0 Å². The molecule has 134 valence electrons. The van der Waals surface area contributed by atoms with Crippen molar-refractivity contribution in [3.63, 3.8) is 0 Å². The van der Waals surface area contributed by atoms with Gasteiger partial charge < -0.3 is 19.1 Å². The number of carbonyl (C=O) groups is 2. The summed E-state index contributed by atoms with van der Waals surface area (Å²) < 4.78 is 5.01. The number of amides is 2. The summed E-state index contributed by atoms with van der Waals surface area (Å²) in [5.74, 6) is 0.0701. The topological polar surface area (TPSA) is 57.0 Å². The van der Waals surface area contributed by atoms with E-state index in [4.69, 9.17) is 4.42 Å². The van der Waals surface area contributed by atoms with Crippen LogP contribution in [0.25, 0.3) is 0 Å². The third kappa shape index (κ3) is 4.60. The van der Waals surface area contributed by atoms with Crippen molar-refractivity contribution in [3.8, 4) is 0 Å². The van der Waals surface area contributed by atoms with Crippen molar-refractivity contribution < 1.29 is 14.0 Å². The Hall–Kier alpha value is -1.82. The standard InChI is InChI=1S/C18H29N3O3/c1-4-15(3)21(18(23)16-7-13-24-14-16)8-6-17(22)20-11-9-19(5-2)10-12-20/h7,13-15H,4-6,8-12H2,1-3H3. The van der Waals surface area contributed by atoms with E-state index in [1.165, 1.54) is 12.5 Å². The molecule has 1 aromatic heterocycles. The van der Waals surface area contributed by atoms with E-state index in [-0.39, 0.29) is 17.9 Å². The van der Waals surface area contributed by atoms with Gasteiger partial charge in [0.15, 0.2) is 0 Å². The maximum absolute atomic E-state index is 12.6. The van der Waals surface area contributed by atoms with Gasteiger partial charge in [-0.3, -0.25) is 9.59 Å². The van der Waals surface area contributed by atoms with Crippen molar-refractivity contribution in [2.45, 2.75) is 39.7 Å². The van der Waals surface area contributed by atoms with E-state index < -0.39 is 0 Å². The lowest BCUT2D eigenvalue weighted by molar-refractivity contribution is -0.133. The number of carbonyl (C=O) groups excluding carboxylic acids is 2. The second-order valence-corrected chi connectivity index (χ2v) is 6.33. The average Bonchev–Trinajstić information content (AvgIpc) is 3.15. The Morgan fingerprint density at radius 1 is 1.25 bits per heavy atom. The molecule has 2 rings (SSSR count). The molecule has 1 unspecified atom stereocenters.